The van der Waals surface area contributed by atoms with Crippen molar-refractivity contribution < 1.29 is 22.6 Å². The van der Waals surface area contributed by atoms with Crippen molar-refractivity contribution in [2.75, 3.05) is 30.7 Å². The minimum Gasteiger partial charge on any atom is -0.493 e. The van der Waals surface area contributed by atoms with Crippen LogP contribution in [-0.4, -0.2) is 27.1 Å². The molecule has 0 unspecified atom stereocenters. The van der Waals surface area contributed by atoms with Gasteiger partial charge in [0.25, 0.3) is 0 Å². The van der Waals surface area contributed by atoms with Gasteiger partial charge in [-0.3, -0.25) is 4.99 Å². The first kappa shape index (κ1) is 16.3. The van der Waals surface area contributed by atoms with E-state index >= 15 is 0 Å². The van der Waals surface area contributed by atoms with Gasteiger partial charge in [-0.1, -0.05) is 0 Å². The van der Waals surface area contributed by atoms with Gasteiger partial charge in [0.1, 0.15) is 11.5 Å². The van der Waals surface area contributed by atoms with E-state index < -0.39 is 17.5 Å². The third kappa shape index (κ3) is 2.45. The molecule has 0 bridgehead atoms. The molecule has 0 atom stereocenters. The van der Waals surface area contributed by atoms with E-state index in [-0.39, 0.29) is 12.4 Å². The van der Waals surface area contributed by atoms with Crippen LogP contribution >= 0.6 is 0 Å². The highest BCUT2D eigenvalue weighted by Crippen LogP contribution is 2.44. The Bertz CT molecular complexity index is 936. The fourth-order valence-corrected chi connectivity index (χ4v) is 3.08. The van der Waals surface area contributed by atoms with Crippen molar-refractivity contribution in [3.05, 3.63) is 53.6 Å². The van der Waals surface area contributed by atoms with Crippen molar-refractivity contribution in [2.45, 2.75) is 0 Å². The molecule has 2 heterocycles. The summed E-state index contributed by atoms with van der Waals surface area (Å²) in [5.74, 6) is -1.85. The molecule has 0 radical (unpaired) electrons. The first-order valence-corrected chi connectivity index (χ1v) is 7.72. The van der Waals surface area contributed by atoms with Gasteiger partial charge in [0.15, 0.2) is 23.1 Å². The van der Waals surface area contributed by atoms with Crippen LogP contribution in [0.15, 0.2) is 41.2 Å². The summed E-state index contributed by atoms with van der Waals surface area (Å²) in [4.78, 5) is 7.56. The van der Waals surface area contributed by atoms with E-state index in [1.165, 1.54) is 19.1 Å². The van der Waals surface area contributed by atoms with Crippen molar-refractivity contribution >= 4 is 23.3 Å². The molecule has 0 saturated heterocycles. The van der Waals surface area contributed by atoms with Crippen molar-refractivity contribution in [2.24, 2.45) is 4.99 Å². The molecule has 0 fully saturated rings. The number of rotatable bonds is 3. The van der Waals surface area contributed by atoms with E-state index in [1.807, 2.05) is 4.90 Å². The fourth-order valence-electron chi connectivity index (χ4n) is 3.08. The Kier molecular flexibility index (Phi) is 3.75. The molecule has 2 aliphatic rings. The molecule has 0 spiro atoms. The first-order valence-electron chi connectivity index (χ1n) is 7.72. The minimum absolute atomic E-state index is 0.142. The summed E-state index contributed by atoms with van der Waals surface area (Å²) in [5.41, 5.74) is 1.68. The molecule has 2 aliphatic heterocycles. The molecule has 26 heavy (non-hydrogen) atoms. The topological polar surface area (TPSA) is 37.3 Å². The van der Waals surface area contributed by atoms with E-state index in [2.05, 4.69) is 4.99 Å². The number of halogens is 3. The lowest BCUT2D eigenvalue weighted by Crippen LogP contribution is -2.29. The molecule has 2 aromatic rings. The zero-order valence-electron chi connectivity index (χ0n) is 14.0. The van der Waals surface area contributed by atoms with Crippen LogP contribution < -0.4 is 19.3 Å². The van der Waals surface area contributed by atoms with E-state index in [1.54, 1.807) is 24.5 Å². The molecule has 5 nitrogen and oxygen atoms in total. The summed E-state index contributed by atoms with van der Waals surface area (Å²) >= 11 is 0. The average Bonchev–Trinajstić information content (AvgIpc) is 3.03. The highest BCUT2D eigenvalue weighted by atomic mass is 19.1. The SMILES string of the molecule is COc1cc2c(cc1OC)N1CN(c3c(F)cc(F)cc3F)C=C1C=N2. The molecule has 0 amide bonds. The Morgan fingerprint density at radius 3 is 2.27 bits per heavy atom. The van der Waals surface area contributed by atoms with Gasteiger partial charge in [0.05, 0.1) is 44.2 Å². The first-order chi connectivity index (χ1) is 12.5. The lowest BCUT2D eigenvalue weighted by molar-refractivity contribution is 0.355. The highest BCUT2D eigenvalue weighted by molar-refractivity contribution is 5.96. The molecule has 0 aromatic heterocycles. The lowest BCUT2D eigenvalue weighted by atomic mass is 10.2. The number of benzene rings is 2. The molecule has 8 heteroatoms. The molecule has 0 saturated carbocycles. The van der Waals surface area contributed by atoms with Crippen LogP contribution in [0.1, 0.15) is 0 Å². The maximum atomic E-state index is 14.1. The summed E-state index contributed by atoms with van der Waals surface area (Å²) < 4.78 is 52.0. The average molecular weight is 361 g/mol. The molecule has 2 aromatic carbocycles. The molecule has 134 valence electrons. The number of aliphatic imine (C=N–C) groups is 1. The third-order valence-corrected chi connectivity index (χ3v) is 4.27. The van der Waals surface area contributed by atoms with E-state index in [0.29, 0.717) is 40.7 Å². The van der Waals surface area contributed by atoms with Gasteiger partial charge in [-0.15, -0.1) is 0 Å². The van der Waals surface area contributed by atoms with Crippen LogP contribution in [0, 0.1) is 17.5 Å². The quantitative estimate of drug-likeness (QED) is 0.829. The second-order valence-corrected chi connectivity index (χ2v) is 5.77. The standard InChI is InChI=1S/C18H14F3N3O2/c1-25-16-5-14-15(6-17(16)26-2)24-9-23(8-11(24)7-22-14)18-12(20)3-10(19)4-13(18)21/h3-8H,9H2,1-2H3. The normalized spacial score (nSPS) is 14.9. The van der Waals surface area contributed by atoms with Crippen LogP contribution in [0.3, 0.4) is 0 Å². The molecule has 0 N–H and O–H groups in total. The Labute approximate surface area is 147 Å². The zero-order valence-corrected chi connectivity index (χ0v) is 14.0. The number of methoxy groups -OCH3 is 2. The van der Waals surface area contributed by atoms with Crippen LogP contribution in [-0.2, 0) is 0 Å². The van der Waals surface area contributed by atoms with E-state index in [0.717, 1.165) is 0 Å². The van der Waals surface area contributed by atoms with Crippen molar-refractivity contribution in [1.29, 1.82) is 0 Å². The van der Waals surface area contributed by atoms with Gasteiger partial charge in [-0.05, 0) is 0 Å². The Hall–Kier alpha value is -3.16. The molecule has 4 rings (SSSR count). The van der Waals surface area contributed by atoms with Gasteiger partial charge in [-0.2, -0.15) is 0 Å². The van der Waals surface area contributed by atoms with E-state index in [9.17, 15) is 13.2 Å². The third-order valence-electron chi connectivity index (χ3n) is 4.27. The number of anilines is 2. The second kappa shape index (κ2) is 5.98. The number of ether oxygens (including phenoxy) is 2. The highest BCUT2D eigenvalue weighted by Gasteiger charge is 2.30. The molecular formula is C18H14F3N3O2. The van der Waals surface area contributed by atoms with Crippen molar-refractivity contribution in [3.63, 3.8) is 0 Å². The Morgan fingerprint density at radius 2 is 1.62 bits per heavy atom. The second-order valence-electron chi connectivity index (χ2n) is 5.77. The Morgan fingerprint density at radius 1 is 0.962 bits per heavy atom. The minimum atomic E-state index is -0.969. The molecule has 0 aliphatic carbocycles. The maximum Gasteiger partial charge on any atom is 0.163 e. The zero-order chi connectivity index (χ0) is 18.4. The van der Waals surface area contributed by atoms with Gasteiger partial charge in [-0.25, -0.2) is 13.2 Å². The summed E-state index contributed by atoms with van der Waals surface area (Å²) in [5, 5.41) is 0. The van der Waals surface area contributed by atoms with E-state index in [4.69, 9.17) is 9.47 Å². The predicted octanol–water partition coefficient (Wildman–Crippen LogP) is 3.96. The van der Waals surface area contributed by atoms with Crippen LogP contribution in [0.4, 0.5) is 30.2 Å². The smallest absolute Gasteiger partial charge is 0.163 e. The number of hydrogen-bond donors (Lipinski definition) is 0. The summed E-state index contributed by atoms with van der Waals surface area (Å²) in [7, 11) is 3.05. The number of hydrogen-bond acceptors (Lipinski definition) is 5. The summed E-state index contributed by atoms with van der Waals surface area (Å²) in [6.45, 7) is 0.142. The van der Waals surface area contributed by atoms with Crippen molar-refractivity contribution in [1.82, 2.24) is 0 Å². The fraction of sp³-hybridized carbons (Fsp3) is 0.167. The van der Waals surface area contributed by atoms with Crippen molar-refractivity contribution in [3.8, 4) is 11.5 Å². The van der Waals surface area contributed by atoms with Gasteiger partial charge in [0, 0.05) is 30.5 Å². The van der Waals surface area contributed by atoms with Gasteiger partial charge < -0.3 is 19.3 Å². The Balaban J connectivity index is 1.75. The number of nitrogens with zero attached hydrogens (tertiary/aromatic N) is 3. The van der Waals surface area contributed by atoms with Crippen LogP contribution in [0.2, 0.25) is 0 Å². The van der Waals surface area contributed by atoms with Gasteiger partial charge in [0.2, 0.25) is 0 Å². The largest absolute Gasteiger partial charge is 0.493 e. The van der Waals surface area contributed by atoms with Crippen LogP contribution in [0.5, 0.6) is 11.5 Å². The summed E-state index contributed by atoms with van der Waals surface area (Å²) in [6, 6.07) is 4.79. The van der Waals surface area contributed by atoms with Gasteiger partial charge >= 0.3 is 0 Å². The predicted molar refractivity (Wildman–Crippen MR) is 91.9 cm³/mol. The lowest BCUT2D eigenvalue weighted by Gasteiger charge is -2.27. The maximum absolute atomic E-state index is 14.1. The van der Waals surface area contributed by atoms with Crippen LogP contribution in [0.25, 0.3) is 0 Å². The molecular weight excluding hydrogens is 347 g/mol. The summed E-state index contributed by atoms with van der Waals surface area (Å²) in [6.07, 6.45) is 3.15. The number of allylic oxidation sites excluding steroid dienone is 1. The monoisotopic (exact) mass is 361 g/mol. The number of fused-ring (bicyclic) bond motifs is 3.